The van der Waals surface area contributed by atoms with Crippen molar-refractivity contribution in [3.05, 3.63) is 76.6 Å². The summed E-state index contributed by atoms with van der Waals surface area (Å²) in [7, 11) is 0. The Labute approximate surface area is 136 Å². The number of para-hydroxylation sites is 2. The van der Waals surface area contributed by atoms with Gasteiger partial charge in [-0.3, -0.25) is 19.9 Å². The number of fused-ring (bicyclic) bond motifs is 1. The van der Waals surface area contributed by atoms with E-state index in [2.05, 4.69) is 15.3 Å². The molecule has 7 heteroatoms. The quantitative estimate of drug-likeness (QED) is 0.452. The summed E-state index contributed by atoms with van der Waals surface area (Å²) in [5, 5.41) is 13.3. The van der Waals surface area contributed by atoms with Gasteiger partial charge in [0, 0.05) is 23.9 Å². The second-order valence-electron chi connectivity index (χ2n) is 4.91. The highest BCUT2D eigenvalue weighted by Crippen LogP contribution is 2.17. The maximum absolute atomic E-state index is 11.9. The molecule has 0 saturated heterocycles. The first-order chi connectivity index (χ1) is 11.6. The average molecular weight is 320 g/mol. The normalized spacial score (nSPS) is 10.8. The van der Waals surface area contributed by atoms with Crippen molar-refractivity contribution in [2.75, 3.05) is 5.32 Å². The molecule has 1 aromatic heterocycles. The third kappa shape index (κ3) is 3.58. The molecule has 0 radical (unpaired) electrons. The zero-order valence-corrected chi connectivity index (χ0v) is 12.4. The SMILES string of the molecule is O=C(/C=C/c1cnc2ccccc2n1)Nc1cccc([N+](=O)[O-])c1. The molecule has 0 bridgehead atoms. The number of nitro benzene ring substituents is 1. The molecule has 24 heavy (non-hydrogen) atoms. The molecule has 1 N–H and O–H groups in total. The fourth-order valence-corrected chi connectivity index (χ4v) is 2.09. The standard InChI is InChI=1S/C17H12N4O3/c22-17(20-12-4-3-5-14(10-12)21(23)24)9-8-13-11-18-15-6-1-2-7-16(15)19-13/h1-11H,(H,20,22)/b9-8+. The number of hydrogen-bond acceptors (Lipinski definition) is 5. The lowest BCUT2D eigenvalue weighted by atomic mass is 10.2. The Bertz CT molecular complexity index is 953. The fraction of sp³-hybridized carbons (Fsp3) is 0. The number of rotatable bonds is 4. The van der Waals surface area contributed by atoms with Crippen LogP contribution in [0.25, 0.3) is 17.1 Å². The summed E-state index contributed by atoms with van der Waals surface area (Å²) in [6, 6.07) is 13.2. The van der Waals surface area contributed by atoms with E-state index in [4.69, 9.17) is 0 Å². The number of carbonyl (C=O) groups excluding carboxylic acids is 1. The molecule has 0 aliphatic heterocycles. The summed E-state index contributed by atoms with van der Waals surface area (Å²) in [4.78, 5) is 30.7. The lowest BCUT2D eigenvalue weighted by Gasteiger charge is -2.01. The predicted molar refractivity (Wildman–Crippen MR) is 90.3 cm³/mol. The number of nitro groups is 1. The van der Waals surface area contributed by atoms with Crippen LogP contribution < -0.4 is 5.32 Å². The van der Waals surface area contributed by atoms with Gasteiger partial charge in [-0.05, 0) is 24.3 Å². The van der Waals surface area contributed by atoms with Crippen molar-refractivity contribution in [2.24, 2.45) is 0 Å². The van der Waals surface area contributed by atoms with E-state index in [1.54, 1.807) is 12.3 Å². The molecule has 2 aromatic carbocycles. The van der Waals surface area contributed by atoms with Gasteiger partial charge in [0.1, 0.15) is 0 Å². The van der Waals surface area contributed by atoms with Crippen molar-refractivity contribution in [3.8, 4) is 0 Å². The zero-order valence-electron chi connectivity index (χ0n) is 12.4. The first kappa shape index (κ1) is 15.3. The molecule has 0 spiro atoms. The highest BCUT2D eigenvalue weighted by atomic mass is 16.6. The molecule has 0 atom stereocenters. The first-order valence-electron chi connectivity index (χ1n) is 7.07. The molecule has 3 rings (SSSR count). The minimum atomic E-state index is -0.518. The summed E-state index contributed by atoms with van der Waals surface area (Å²) in [6.07, 6.45) is 4.41. The highest BCUT2D eigenvalue weighted by molar-refractivity contribution is 6.02. The molecular formula is C17H12N4O3. The number of benzene rings is 2. The van der Waals surface area contributed by atoms with Gasteiger partial charge < -0.3 is 5.32 Å². The van der Waals surface area contributed by atoms with Crippen molar-refractivity contribution >= 4 is 34.4 Å². The van der Waals surface area contributed by atoms with Crippen molar-refractivity contribution in [1.29, 1.82) is 0 Å². The van der Waals surface area contributed by atoms with Gasteiger partial charge in [-0.2, -0.15) is 0 Å². The third-order valence-corrected chi connectivity index (χ3v) is 3.20. The maximum Gasteiger partial charge on any atom is 0.271 e. The highest BCUT2D eigenvalue weighted by Gasteiger charge is 2.06. The molecule has 7 nitrogen and oxygen atoms in total. The van der Waals surface area contributed by atoms with Crippen molar-refractivity contribution in [1.82, 2.24) is 9.97 Å². The number of anilines is 1. The van der Waals surface area contributed by atoms with Crippen molar-refractivity contribution in [2.45, 2.75) is 0 Å². The van der Waals surface area contributed by atoms with E-state index in [0.29, 0.717) is 11.4 Å². The molecule has 0 unspecified atom stereocenters. The lowest BCUT2D eigenvalue weighted by molar-refractivity contribution is -0.384. The number of nitrogens with zero attached hydrogens (tertiary/aromatic N) is 3. The zero-order chi connectivity index (χ0) is 16.9. The Hall–Kier alpha value is -3.61. The van der Waals surface area contributed by atoms with Crippen LogP contribution >= 0.6 is 0 Å². The van der Waals surface area contributed by atoms with E-state index in [0.717, 1.165) is 11.0 Å². The van der Waals surface area contributed by atoms with E-state index in [1.807, 2.05) is 24.3 Å². The van der Waals surface area contributed by atoms with Crippen LogP contribution in [-0.2, 0) is 4.79 Å². The van der Waals surface area contributed by atoms with E-state index in [-0.39, 0.29) is 5.69 Å². The second kappa shape index (κ2) is 6.66. The number of nitrogens with one attached hydrogen (secondary N) is 1. The van der Waals surface area contributed by atoms with E-state index >= 15 is 0 Å². The first-order valence-corrected chi connectivity index (χ1v) is 7.07. The molecule has 0 fully saturated rings. The molecule has 3 aromatic rings. The van der Waals surface area contributed by atoms with Gasteiger partial charge in [0.05, 0.1) is 27.8 Å². The fourth-order valence-electron chi connectivity index (χ4n) is 2.09. The Morgan fingerprint density at radius 1 is 1.12 bits per heavy atom. The summed E-state index contributed by atoms with van der Waals surface area (Å²) in [5.41, 5.74) is 2.32. The van der Waals surface area contributed by atoms with Crippen LogP contribution in [0.2, 0.25) is 0 Å². The van der Waals surface area contributed by atoms with Gasteiger partial charge >= 0.3 is 0 Å². The van der Waals surface area contributed by atoms with Crippen LogP contribution in [0.15, 0.2) is 60.8 Å². The van der Waals surface area contributed by atoms with E-state index < -0.39 is 10.8 Å². The summed E-state index contributed by atoms with van der Waals surface area (Å²) in [5.74, 6) is -0.412. The number of amides is 1. The number of non-ortho nitro benzene ring substituents is 1. The van der Waals surface area contributed by atoms with Crippen LogP contribution in [0.3, 0.4) is 0 Å². The van der Waals surface area contributed by atoms with Gasteiger partial charge in [0.2, 0.25) is 5.91 Å². The van der Waals surface area contributed by atoms with Gasteiger partial charge in [0.25, 0.3) is 5.69 Å². The average Bonchev–Trinajstić information content (AvgIpc) is 2.60. The van der Waals surface area contributed by atoms with Crippen molar-refractivity contribution in [3.63, 3.8) is 0 Å². The van der Waals surface area contributed by atoms with Gasteiger partial charge in [-0.25, -0.2) is 4.98 Å². The van der Waals surface area contributed by atoms with E-state index in [1.165, 1.54) is 30.4 Å². The van der Waals surface area contributed by atoms with Crippen LogP contribution in [0.5, 0.6) is 0 Å². The van der Waals surface area contributed by atoms with Gasteiger partial charge in [0.15, 0.2) is 0 Å². The molecule has 1 amide bonds. The monoisotopic (exact) mass is 320 g/mol. The smallest absolute Gasteiger partial charge is 0.271 e. The summed E-state index contributed by atoms with van der Waals surface area (Å²) >= 11 is 0. The predicted octanol–water partition coefficient (Wildman–Crippen LogP) is 3.19. The molecule has 118 valence electrons. The molecule has 0 aliphatic carbocycles. The Kier molecular flexibility index (Phi) is 4.24. The largest absolute Gasteiger partial charge is 0.322 e. The second-order valence-corrected chi connectivity index (χ2v) is 4.91. The van der Waals surface area contributed by atoms with Crippen LogP contribution in [-0.4, -0.2) is 20.8 Å². The molecular weight excluding hydrogens is 308 g/mol. The van der Waals surface area contributed by atoms with Crippen LogP contribution in [0.4, 0.5) is 11.4 Å². The topological polar surface area (TPSA) is 98.0 Å². The Morgan fingerprint density at radius 2 is 1.92 bits per heavy atom. The number of hydrogen-bond donors (Lipinski definition) is 1. The summed E-state index contributed by atoms with van der Waals surface area (Å²) < 4.78 is 0. The Balaban J connectivity index is 1.72. The maximum atomic E-state index is 11.9. The minimum absolute atomic E-state index is 0.0859. The van der Waals surface area contributed by atoms with Crippen LogP contribution in [0.1, 0.15) is 5.69 Å². The van der Waals surface area contributed by atoms with Crippen LogP contribution in [0, 0.1) is 10.1 Å². The molecule has 0 aliphatic rings. The van der Waals surface area contributed by atoms with Gasteiger partial charge in [-0.1, -0.05) is 18.2 Å². The van der Waals surface area contributed by atoms with E-state index in [9.17, 15) is 14.9 Å². The Morgan fingerprint density at radius 3 is 2.71 bits per heavy atom. The molecule has 0 saturated carbocycles. The minimum Gasteiger partial charge on any atom is -0.322 e. The number of carbonyl (C=O) groups is 1. The molecule has 1 heterocycles. The lowest BCUT2D eigenvalue weighted by Crippen LogP contribution is -2.08. The third-order valence-electron chi connectivity index (χ3n) is 3.20. The van der Waals surface area contributed by atoms with Gasteiger partial charge in [-0.15, -0.1) is 0 Å². The van der Waals surface area contributed by atoms with Crippen molar-refractivity contribution < 1.29 is 9.72 Å². The summed E-state index contributed by atoms with van der Waals surface area (Å²) in [6.45, 7) is 0. The number of aromatic nitrogens is 2.